The largest absolute Gasteiger partial charge is 0.273 e. The van der Waals surface area contributed by atoms with Gasteiger partial charge in [0.2, 0.25) is 15.9 Å². The van der Waals surface area contributed by atoms with Crippen LogP contribution >= 0.6 is 23.2 Å². The van der Waals surface area contributed by atoms with Crippen molar-refractivity contribution in [2.45, 2.75) is 17.7 Å². The Balaban J connectivity index is 1.73. The molecule has 2 aromatic carbocycles. The monoisotopic (exact) mass is 447 g/mol. The Morgan fingerprint density at radius 1 is 0.964 bits per heavy atom. The molecule has 0 heterocycles. The molecule has 0 aliphatic rings. The van der Waals surface area contributed by atoms with Gasteiger partial charge in [-0.3, -0.25) is 20.4 Å². The van der Waals surface area contributed by atoms with Gasteiger partial charge in [-0.05, 0) is 48.9 Å². The Morgan fingerprint density at radius 3 is 2.29 bits per heavy atom. The average Bonchev–Trinajstić information content (AvgIpc) is 2.66. The van der Waals surface area contributed by atoms with Crippen LogP contribution in [-0.4, -0.2) is 26.8 Å². The van der Waals surface area contributed by atoms with E-state index >= 15 is 0 Å². The lowest BCUT2D eigenvalue weighted by molar-refractivity contribution is -0.121. The van der Waals surface area contributed by atoms with Crippen molar-refractivity contribution in [3.63, 3.8) is 0 Å². The van der Waals surface area contributed by atoms with Crippen LogP contribution in [0.5, 0.6) is 0 Å². The minimum Gasteiger partial charge on any atom is -0.273 e. The van der Waals surface area contributed by atoms with E-state index in [4.69, 9.17) is 23.2 Å². The van der Waals surface area contributed by atoms with Crippen LogP contribution in [0.25, 0.3) is 0 Å². The highest BCUT2D eigenvalue weighted by Gasteiger charge is 2.15. The third-order valence-corrected chi connectivity index (χ3v) is 5.69. The summed E-state index contributed by atoms with van der Waals surface area (Å²) >= 11 is 11.6. The highest BCUT2D eigenvalue weighted by atomic mass is 35.5. The Hall–Kier alpha value is -2.20. The maximum atomic E-state index is 12.8. The van der Waals surface area contributed by atoms with Crippen molar-refractivity contribution < 1.29 is 22.4 Å². The third-order valence-electron chi connectivity index (χ3n) is 3.50. The predicted octanol–water partition coefficient (Wildman–Crippen LogP) is 2.65. The van der Waals surface area contributed by atoms with Gasteiger partial charge in [-0.2, -0.15) is 0 Å². The Bertz CT molecular complexity index is 969. The number of sulfonamides is 1. The standard InChI is InChI=1S/C17H16Cl2FN3O4S/c18-14-8-7-13(10-15(14)19)28(26,27)21-9-1-2-16(24)22-23-17(25)11-3-5-12(20)6-4-11/h3-8,10,21H,1-2,9H2,(H,22,24)(H,23,25). The van der Waals surface area contributed by atoms with Crippen molar-refractivity contribution in [3.05, 3.63) is 63.9 Å². The average molecular weight is 448 g/mol. The fourth-order valence-corrected chi connectivity index (χ4v) is 3.51. The molecule has 0 unspecified atom stereocenters. The number of nitrogens with one attached hydrogen (secondary N) is 3. The van der Waals surface area contributed by atoms with Crippen LogP contribution in [-0.2, 0) is 14.8 Å². The Kier molecular flexibility index (Phi) is 7.76. The molecular formula is C17H16Cl2FN3O4S. The van der Waals surface area contributed by atoms with E-state index in [0.717, 1.165) is 12.1 Å². The highest BCUT2D eigenvalue weighted by molar-refractivity contribution is 7.89. The lowest BCUT2D eigenvalue weighted by Crippen LogP contribution is -2.41. The number of hydrogen-bond acceptors (Lipinski definition) is 4. The summed E-state index contributed by atoms with van der Waals surface area (Å²) in [4.78, 5) is 23.4. The zero-order valence-corrected chi connectivity index (χ0v) is 16.7. The molecule has 0 atom stereocenters. The minimum atomic E-state index is -3.79. The van der Waals surface area contributed by atoms with Crippen LogP contribution in [0, 0.1) is 5.82 Å². The van der Waals surface area contributed by atoms with Gasteiger partial charge in [-0.1, -0.05) is 23.2 Å². The van der Waals surface area contributed by atoms with E-state index in [0.29, 0.717) is 0 Å². The molecule has 0 saturated heterocycles. The molecule has 0 aliphatic carbocycles. The van der Waals surface area contributed by atoms with Crippen molar-refractivity contribution in [1.29, 1.82) is 0 Å². The van der Waals surface area contributed by atoms with Crippen LogP contribution < -0.4 is 15.6 Å². The molecule has 11 heteroatoms. The summed E-state index contributed by atoms with van der Waals surface area (Å²) in [6.45, 7) is 0.00189. The number of carbonyl (C=O) groups excluding carboxylic acids is 2. The van der Waals surface area contributed by atoms with Gasteiger partial charge in [0.1, 0.15) is 5.82 Å². The van der Waals surface area contributed by atoms with E-state index < -0.39 is 27.7 Å². The summed E-state index contributed by atoms with van der Waals surface area (Å²) in [5, 5.41) is 0.348. The van der Waals surface area contributed by atoms with Gasteiger partial charge >= 0.3 is 0 Å². The van der Waals surface area contributed by atoms with Crippen molar-refractivity contribution >= 4 is 45.0 Å². The number of hydrazine groups is 1. The minimum absolute atomic E-state index is 0.00189. The van der Waals surface area contributed by atoms with Crippen molar-refractivity contribution in [2.24, 2.45) is 0 Å². The SMILES string of the molecule is O=C(CCCNS(=O)(=O)c1ccc(Cl)c(Cl)c1)NNC(=O)c1ccc(F)cc1. The predicted molar refractivity (Wildman–Crippen MR) is 103 cm³/mol. The Morgan fingerprint density at radius 2 is 1.64 bits per heavy atom. The van der Waals surface area contributed by atoms with E-state index in [1.165, 1.54) is 30.3 Å². The lowest BCUT2D eigenvalue weighted by Gasteiger charge is -2.09. The maximum Gasteiger partial charge on any atom is 0.269 e. The number of halogens is 3. The normalized spacial score (nSPS) is 11.1. The lowest BCUT2D eigenvalue weighted by atomic mass is 10.2. The molecular weight excluding hydrogens is 432 g/mol. The van der Waals surface area contributed by atoms with Gasteiger partial charge in [0.15, 0.2) is 0 Å². The van der Waals surface area contributed by atoms with Crippen LogP contribution in [0.15, 0.2) is 47.4 Å². The molecule has 28 heavy (non-hydrogen) atoms. The van der Waals surface area contributed by atoms with Gasteiger partial charge in [0, 0.05) is 18.5 Å². The third kappa shape index (κ3) is 6.45. The van der Waals surface area contributed by atoms with E-state index in [1.54, 1.807) is 0 Å². The van der Waals surface area contributed by atoms with Gasteiger partial charge in [-0.25, -0.2) is 17.5 Å². The second-order valence-corrected chi connectivity index (χ2v) is 8.17. The van der Waals surface area contributed by atoms with Gasteiger partial charge in [0.25, 0.3) is 5.91 Å². The zero-order chi connectivity index (χ0) is 20.7. The molecule has 0 radical (unpaired) electrons. The molecule has 0 fully saturated rings. The maximum absolute atomic E-state index is 12.8. The number of amides is 2. The van der Waals surface area contributed by atoms with E-state index in [2.05, 4.69) is 15.6 Å². The highest BCUT2D eigenvalue weighted by Crippen LogP contribution is 2.24. The second kappa shape index (κ2) is 9.83. The van der Waals surface area contributed by atoms with Crippen molar-refractivity contribution in [1.82, 2.24) is 15.6 Å². The van der Waals surface area contributed by atoms with Crippen molar-refractivity contribution in [2.75, 3.05) is 6.54 Å². The fraction of sp³-hybridized carbons (Fsp3) is 0.176. The van der Waals surface area contributed by atoms with Crippen molar-refractivity contribution in [3.8, 4) is 0 Å². The first-order valence-electron chi connectivity index (χ1n) is 7.98. The molecule has 3 N–H and O–H groups in total. The first-order valence-corrected chi connectivity index (χ1v) is 10.2. The first kappa shape index (κ1) is 22.1. The van der Waals surface area contributed by atoms with Crippen LogP contribution in [0.1, 0.15) is 23.2 Å². The summed E-state index contributed by atoms with van der Waals surface area (Å²) in [6, 6.07) is 8.70. The molecule has 2 rings (SSSR count). The second-order valence-electron chi connectivity index (χ2n) is 5.59. The quantitative estimate of drug-likeness (QED) is 0.448. The molecule has 0 aromatic heterocycles. The summed E-state index contributed by atoms with van der Waals surface area (Å²) in [5.41, 5.74) is 4.56. The first-order chi connectivity index (χ1) is 13.2. The summed E-state index contributed by atoms with van der Waals surface area (Å²) < 4.78 is 39.4. The van der Waals surface area contributed by atoms with Gasteiger partial charge in [-0.15, -0.1) is 0 Å². The number of carbonyl (C=O) groups is 2. The van der Waals surface area contributed by atoms with Gasteiger partial charge in [0.05, 0.1) is 14.9 Å². The summed E-state index contributed by atoms with van der Waals surface area (Å²) in [7, 11) is -3.79. The Labute approximate surface area is 171 Å². The summed E-state index contributed by atoms with van der Waals surface area (Å²) in [6.07, 6.45) is 0.159. The topological polar surface area (TPSA) is 104 Å². The molecule has 150 valence electrons. The zero-order valence-electron chi connectivity index (χ0n) is 14.3. The molecule has 0 spiro atoms. The fourth-order valence-electron chi connectivity index (χ4n) is 2.05. The smallest absolute Gasteiger partial charge is 0.269 e. The van der Waals surface area contributed by atoms with Crippen LogP contribution in [0.3, 0.4) is 0 Å². The van der Waals surface area contributed by atoms with E-state index in [-0.39, 0.29) is 39.9 Å². The van der Waals surface area contributed by atoms with Crippen LogP contribution in [0.2, 0.25) is 10.0 Å². The number of hydrogen-bond donors (Lipinski definition) is 3. The number of benzene rings is 2. The van der Waals surface area contributed by atoms with E-state index in [9.17, 15) is 22.4 Å². The molecule has 7 nitrogen and oxygen atoms in total. The number of rotatable bonds is 7. The molecule has 2 amide bonds. The molecule has 0 bridgehead atoms. The molecule has 2 aromatic rings. The van der Waals surface area contributed by atoms with Gasteiger partial charge < -0.3 is 0 Å². The molecule has 0 saturated carbocycles. The summed E-state index contributed by atoms with van der Waals surface area (Å²) in [5.74, 6) is -1.60. The van der Waals surface area contributed by atoms with E-state index in [1.807, 2.05) is 0 Å². The molecule has 0 aliphatic heterocycles. The van der Waals surface area contributed by atoms with Crippen LogP contribution in [0.4, 0.5) is 4.39 Å².